The number of benzene rings is 1. The van der Waals surface area contributed by atoms with Crippen LogP contribution >= 0.6 is 0 Å². The van der Waals surface area contributed by atoms with E-state index in [9.17, 15) is 9.59 Å². The van der Waals surface area contributed by atoms with Crippen LogP contribution in [0.5, 0.6) is 11.5 Å². The molecule has 0 atom stereocenters. The molecule has 3 rings (SSSR count). The third-order valence-electron chi connectivity index (χ3n) is 3.43. The van der Waals surface area contributed by atoms with Gasteiger partial charge in [0, 0.05) is 19.0 Å². The minimum Gasteiger partial charge on any atom is -0.489 e. The standard InChI is InChI=1S/C15H14N2O5/c1-17-12(7-11(16-17)15(19)20)10-4-3-9(8-18)13-14(10)22-6-2-5-21-13/h3-4,7-8H,2,5-6H2,1H3,(H,19,20). The lowest BCUT2D eigenvalue weighted by Gasteiger charge is -2.14. The van der Waals surface area contributed by atoms with E-state index < -0.39 is 5.97 Å². The van der Waals surface area contributed by atoms with Crippen molar-refractivity contribution in [3.05, 3.63) is 29.5 Å². The Hall–Kier alpha value is -2.83. The molecule has 1 aliphatic rings. The molecular weight excluding hydrogens is 288 g/mol. The molecule has 22 heavy (non-hydrogen) atoms. The van der Waals surface area contributed by atoms with Crippen LogP contribution in [0.1, 0.15) is 27.3 Å². The van der Waals surface area contributed by atoms with Gasteiger partial charge in [-0.2, -0.15) is 5.10 Å². The Morgan fingerprint density at radius 1 is 1.32 bits per heavy atom. The van der Waals surface area contributed by atoms with E-state index in [4.69, 9.17) is 14.6 Å². The summed E-state index contributed by atoms with van der Waals surface area (Å²) >= 11 is 0. The van der Waals surface area contributed by atoms with Gasteiger partial charge in [0.25, 0.3) is 0 Å². The molecule has 7 heteroatoms. The van der Waals surface area contributed by atoms with Gasteiger partial charge < -0.3 is 14.6 Å². The molecule has 2 heterocycles. The van der Waals surface area contributed by atoms with Crippen molar-refractivity contribution in [3.63, 3.8) is 0 Å². The first kappa shape index (κ1) is 14.1. The maximum Gasteiger partial charge on any atom is 0.356 e. The minimum absolute atomic E-state index is 0.0553. The molecule has 0 amide bonds. The predicted molar refractivity (Wildman–Crippen MR) is 76.6 cm³/mol. The molecule has 114 valence electrons. The van der Waals surface area contributed by atoms with Gasteiger partial charge in [-0.15, -0.1) is 0 Å². The third-order valence-corrected chi connectivity index (χ3v) is 3.43. The van der Waals surface area contributed by atoms with Gasteiger partial charge in [-0.05, 0) is 18.2 Å². The Labute approximate surface area is 126 Å². The number of hydrogen-bond acceptors (Lipinski definition) is 5. The molecule has 0 fully saturated rings. The third kappa shape index (κ3) is 2.30. The summed E-state index contributed by atoms with van der Waals surface area (Å²) in [5, 5.41) is 13.0. The molecule has 1 aliphatic heterocycles. The highest BCUT2D eigenvalue weighted by molar-refractivity contribution is 5.89. The minimum atomic E-state index is -1.10. The summed E-state index contributed by atoms with van der Waals surface area (Å²) in [5.41, 5.74) is 1.57. The van der Waals surface area contributed by atoms with Crippen molar-refractivity contribution in [2.75, 3.05) is 13.2 Å². The quantitative estimate of drug-likeness (QED) is 0.869. The van der Waals surface area contributed by atoms with Gasteiger partial charge in [-0.3, -0.25) is 9.48 Å². The molecule has 1 aromatic carbocycles. The van der Waals surface area contributed by atoms with Gasteiger partial charge in [0.2, 0.25) is 0 Å². The SMILES string of the molecule is Cn1nc(C(=O)O)cc1-c1ccc(C=O)c2c1OCCCO2. The number of fused-ring (bicyclic) bond motifs is 1. The van der Waals surface area contributed by atoms with Crippen molar-refractivity contribution in [2.45, 2.75) is 6.42 Å². The van der Waals surface area contributed by atoms with Crippen LogP contribution in [-0.4, -0.2) is 40.4 Å². The van der Waals surface area contributed by atoms with Crippen LogP contribution in [0.15, 0.2) is 18.2 Å². The Kier molecular flexibility index (Phi) is 3.54. The van der Waals surface area contributed by atoms with E-state index in [-0.39, 0.29) is 5.69 Å². The van der Waals surface area contributed by atoms with Gasteiger partial charge in [0.05, 0.1) is 24.5 Å². The summed E-state index contributed by atoms with van der Waals surface area (Å²) in [5.74, 6) is -0.264. The first-order valence-electron chi connectivity index (χ1n) is 6.77. The second kappa shape index (κ2) is 5.51. The average Bonchev–Trinajstić information content (AvgIpc) is 2.73. The highest BCUT2D eigenvalue weighted by Gasteiger charge is 2.22. The van der Waals surface area contributed by atoms with Crippen molar-refractivity contribution in [1.29, 1.82) is 0 Å². The molecule has 0 radical (unpaired) electrons. The normalized spacial score (nSPS) is 13.5. The summed E-state index contributed by atoms with van der Waals surface area (Å²) in [4.78, 5) is 22.2. The number of carbonyl (C=O) groups is 2. The van der Waals surface area contributed by atoms with Gasteiger partial charge in [0.15, 0.2) is 23.5 Å². The van der Waals surface area contributed by atoms with Gasteiger partial charge in [-0.1, -0.05) is 0 Å². The van der Waals surface area contributed by atoms with Crippen LogP contribution in [0.2, 0.25) is 0 Å². The smallest absolute Gasteiger partial charge is 0.356 e. The molecule has 0 spiro atoms. The maximum absolute atomic E-state index is 11.2. The summed E-state index contributed by atoms with van der Waals surface area (Å²) in [6.07, 6.45) is 1.42. The average molecular weight is 302 g/mol. The van der Waals surface area contributed by atoms with Crippen LogP contribution in [0.25, 0.3) is 11.3 Å². The van der Waals surface area contributed by atoms with Crippen molar-refractivity contribution in [2.24, 2.45) is 7.05 Å². The first-order chi connectivity index (χ1) is 10.6. The molecule has 0 saturated heterocycles. The van der Waals surface area contributed by atoms with Crippen LogP contribution in [0.4, 0.5) is 0 Å². The van der Waals surface area contributed by atoms with E-state index in [1.807, 2.05) is 0 Å². The second-order valence-electron chi connectivity index (χ2n) is 4.87. The molecule has 0 unspecified atom stereocenters. The van der Waals surface area contributed by atoms with Gasteiger partial charge >= 0.3 is 5.97 Å². The Morgan fingerprint density at radius 3 is 2.68 bits per heavy atom. The second-order valence-corrected chi connectivity index (χ2v) is 4.87. The molecule has 0 bridgehead atoms. The summed E-state index contributed by atoms with van der Waals surface area (Å²) in [7, 11) is 1.65. The largest absolute Gasteiger partial charge is 0.489 e. The Bertz CT molecular complexity index is 751. The lowest BCUT2D eigenvalue weighted by molar-refractivity contribution is 0.0689. The monoisotopic (exact) mass is 302 g/mol. The van der Waals surface area contributed by atoms with Crippen LogP contribution in [0, 0.1) is 0 Å². The predicted octanol–water partition coefficient (Wildman–Crippen LogP) is 1.76. The van der Waals surface area contributed by atoms with E-state index in [0.29, 0.717) is 54.2 Å². The number of aldehydes is 1. The maximum atomic E-state index is 11.2. The van der Waals surface area contributed by atoms with Crippen molar-refractivity contribution in [1.82, 2.24) is 9.78 Å². The van der Waals surface area contributed by atoms with Crippen LogP contribution in [-0.2, 0) is 7.05 Å². The van der Waals surface area contributed by atoms with Crippen molar-refractivity contribution in [3.8, 4) is 22.8 Å². The fourth-order valence-electron chi connectivity index (χ4n) is 2.40. The zero-order chi connectivity index (χ0) is 15.7. The lowest BCUT2D eigenvalue weighted by Crippen LogP contribution is -2.01. The highest BCUT2D eigenvalue weighted by atomic mass is 16.5. The fourth-order valence-corrected chi connectivity index (χ4v) is 2.40. The molecular formula is C15H14N2O5. The number of hydrogen-bond donors (Lipinski definition) is 1. The molecule has 0 aliphatic carbocycles. The zero-order valence-electron chi connectivity index (χ0n) is 11.9. The fraction of sp³-hybridized carbons (Fsp3) is 0.267. The van der Waals surface area contributed by atoms with E-state index in [0.717, 1.165) is 0 Å². The summed E-state index contributed by atoms with van der Waals surface area (Å²) in [6, 6.07) is 4.80. The van der Waals surface area contributed by atoms with Crippen molar-refractivity contribution >= 4 is 12.3 Å². The van der Waals surface area contributed by atoms with Crippen molar-refractivity contribution < 1.29 is 24.2 Å². The summed E-state index contributed by atoms with van der Waals surface area (Å²) in [6.45, 7) is 0.926. The van der Waals surface area contributed by atoms with E-state index >= 15 is 0 Å². The highest BCUT2D eigenvalue weighted by Crippen LogP contribution is 2.41. The molecule has 1 aromatic heterocycles. The number of aromatic carboxylic acids is 1. The molecule has 7 nitrogen and oxygen atoms in total. The van der Waals surface area contributed by atoms with Crippen LogP contribution < -0.4 is 9.47 Å². The number of ether oxygens (including phenoxy) is 2. The zero-order valence-corrected chi connectivity index (χ0v) is 11.9. The van der Waals surface area contributed by atoms with Gasteiger partial charge in [0.1, 0.15) is 0 Å². The molecule has 1 N–H and O–H groups in total. The van der Waals surface area contributed by atoms with E-state index in [1.165, 1.54) is 10.7 Å². The molecule has 2 aromatic rings. The lowest BCUT2D eigenvalue weighted by atomic mass is 10.1. The summed E-state index contributed by atoms with van der Waals surface area (Å²) < 4.78 is 12.8. The number of aromatic nitrogens is 2. The number of carboxylic acids is 1. The number of rotatable bonds is 3. The number of aryl methyl sites for hydroxylation is 1. The molecule has 0 saturated carbocycles. The Balaban J connectivity index is 2.19. The Morgan fingerprint density at radius 2 is 2.05 bits per heavy atom. The van der Waals surface area contributed by atoms with Crippen LogP contribution in [0.3, 0.4) is 0 Å². The van der Waals surface area contributed by atoms with E-state index in [2.05, 4.69) is 5.10 Å². The first-order valence-corrected chi connectivity index (χ1v) is 6.77. The number of carbonyl (C=O) groups excluding carboxylic acids is 1. The van der Waals surface area contributed by atoms with Gasteiger partial charge in [-0.25, -0.2) is 4.79 Å². The number of carboxylic acid groups (broad SMARTS) is 1. The van der Waals surface area contributed by atoms with E-state index in [1.54, 1.807) is 19.2 Å². The topological polar surface area (TPSA) is 90.7 Å². The number of nitrogens with zero attached hydrogens (tertiary/aromatic N) is 2.